The van der Waals surface area contributed by atoms with Crippen molar-refractivity contribution in [1.29, 1.82) is 0 Å². The van der Waals surface area contributed by atoms with Crippen LogP contribution in [0.1, 0.15) is 26.3 Å². The van der Waals surface area contributed by atoms with Crippen LogP contribution in [0.25, 0.3) is 10.8 Å². The van der Waals surface area contributed by atoms with E-state index in [4.69, 9.17) is 11.2 Å². The number of amides is 2. The van der Waals surface area contributed by atoms with Crippen molar-refractivity contribution < 1.29 is 14.3 Å². The number of imide groups is 1. The minimum absolute atomic E-state index is 0.113. The molecule has 0 spiro atoms. The zero-order chi connectivity index (χ0) is 18.8. The largest absolute Gasteiger partial charge is 0.480 e. The number of terminal acetylenes is 1. The predicted molar refractivity (Wildman–Crippen MR) is 103 cm³/mol. The van der Waals surface area contributed by atoms with Gasteiger partial charge in [0.1, 0.15) is 12.4 Å². The third kappa shape index (κ3) is 2.83. The summed E-state index contributed by atoms with van der Waals surface area (Å²) in [6.07, 6.45) is 6.66. The number of benzene rings is 3. The van der Waals surface area contributed by atoms with Gasteiger partial charge in [0.2, 0.25) is 0 Å². The molecule has 3 aromatic carbocycles. The van der Waals surface area contributed by atoms with Crippen LogP contribution in [0.2, 0.25) is 0 Å². The molecule has 5 heteroatoms. The third-order valence-corrected chi connectivity index (χ3v) is 4.29. The quantitative estimate of drug-likeness (QED) is 0.409. The van der Waals surface area contributed by atoms with Gasteiger partial charge in [0.25, 0.3) is 11.8 Å². The lowest BCUT2D eigenvalue weighted by Gasteiger charge is -2.23. The van der Waals surface area contributed by atoms with Crippen molar-refractivity contribution in [3.63, 3.8) is 0 Å². The Hall–Kier alpha value is -3.91. The molecule has 1 heterocycles. The van der Waals surface area contributed by atoms with Crippen molar-refractivity contribution >= 4 is 28.8 Å². The average molecular weight is 354 g/mol. The Morgan fingerprint density at radius 3 is 2.30 bits per heavy atom. The molecule has 4 rings (SSSR count). The molecule has 5 nitrogen and oxygen atoms in total. The number of hydrazone groups is 1. The topological polar surface area (TPSA) is 59.0 Å². The van der Waals surface area contributed by atoms with Crippen LogP contribution in [0.4, 0.5) is 0 Å². The number of carbonyl (C=O) groups is 2. The van der Waals surface area contributed by atoms with Crippen LogP contribution in [0.15, 0.2) is 65.8 Å². The first-order valence-electron chi connectivity index (χ1n) is 8.30. The Labute approximate surface area is 155 Å². The fourth-order valence-electron chi connectivity index (χ4n) is 3.08. The van der Waals surface area contributed by atoms with Crippen LogP contribution in [0.5, 0.6) is 5.75 Å². The van der Waals surface area contributed by atoms with Crippen LogP contribution in [-0.2, 0) is 0 Å². The monoisotopic (exact) mass is 354 g/mol. The molecule has 27 heavy (non-hydrogen) atoms. The lowest BCUT2D eigenvalue weighted by molar-refractivity contribution is 0.0616. The van der Waals surface area contributed by atoms with Crippen molar-refractivity contribution in [2.24, 2.45) is 5.10 Å². The molecule has 0 unspecified atom stereocenters. The standard InChI is InChI=1S/C22H14N2O3/c1-2-13-27-19-12-4-3-7-16(19)14-23-24-21(25)17-10-5-8-15-9-6-11-18(20(15)17)22(24)26/h1,3-12,14H,13H2/b23-14-. The van der Waals surface area contributed by atoms with Crippen molar-refractivity contribution in [2.45, 2.75) is 0 Å². The highest BCUT2D eigenvalue weighted by Gasteiger charge is 2.32. The second-order valence-electron chi connectivity index (χ2n) is 5.91. The normalized spacial score (nSPS) is 13.2. The van der Waals surface area contributed by atoms with Crippen LogP contribution in [0, 0.1) is 12.3 Å². The SMILES string of the molecule is C#CCOc1ccccc1/C=N\N1C(=O)c2cccc3cccc(c23)C1=O. The van der Waals surface area contributed by atoms with E-state index < -0.39 is 11.8 Å². The molecule has 1 aliphatic rings. The maximum absolute atomic E-state index is 12.8. The van der Waals surface area contributed by atoms with Gasteiger partial charge in [-0.25, -0.2) is 0 Å². The summed E-state index contributed by atoms with van der Waals surface area (Å²) in [5.41, 5.74) is 1.53. The van der Waals surface area contributed by atoms with Gasteiger partial charge in [-0.15, -0.1) is 6.42 Å². The Kier molecular flexibility index (Phi) is 4.15. The van der Waals surface area contributed by atoms with E-state index in [0.717, 1.165) is 10.4 Å². The van der Waals surface area contributed by atoms with Crippen molar-refractivity contribution in [3.8, 4) is 18.1 Å². The number of nitrogens with zero attached hydrogens (tertiary/aromatic N) is 2. The molecule has 130 valence electrons. The van der Waals surface area contributed by atoms with Crippen molar-refractivity contribution in [3.05, 3.63) is 77.4 Å². The second-order valence-corrected chi connectivity index (χ2v) is 5.91. The minimum atomic E-state index is -0.456. The van der Waals surface area contributed by atoms with Crippen LogP contribution < -0.4 is 4.74 Å². The smallest absolute Gasteiger partial charge is 0.282 e. The molecule has 0 aromatic heterocycles. The molecule has 1 aliphatic heterocycles. The number of ether oxygens (including phenoxy) is 1. The number of rotatable bonds is 4. The van der Waals surface area contributed by atoms with E-state index in [2.05, 4.69) is 11.0 Å². The summed E-state index contributed by atoms with van der Waals surface area (Å²) in [6.45, 7) is 0.113. The van der Waals surface area contributed by atoms with E-state index in [9.17, 15) is 9.59 Å². The molecular weight excluding hydrogens is 340 g/mol. The summed E-state index contributed by atoms with van der Waals surface area (Å²) in [7, 11) is 0. The minimum Gasteiger partial charge on any atom is -0.480 e. The van der Waals surface area contributed by atoms with Gasteiger partial charge in [0, 0.05) is 10.9 Å². The van der Waals surface area contributed by atoms with Gasteiger partial charge in [-0.1, -0.05) is 42.3 Å². The molecule has 0 N–H and O–H groups in total. The first-order valence-corrected chi connectivity index (χ1v) is 8.30. The fraction of sp³-hybridized carbons (Fsp3) is 0.0455. The number of carbonyl (C=O) groups excluding carboxylic acids is 2. The zero-order valence-electron chi connectivity index (χ0n) is 14.3. The summed E-state index contributed by atoms with van der Waals surface area (Å²) < 4.78 is 5.47. The first-order chi connectivity index (χ1) is 13.2. The Balaban J connectivity index is 1.73. The first kappa shape index (κ1) is 16.6. The maximum atomic E-state index is 12.8. The van der Waals surface area contributed by atoms with Crippen LogP contribution >= 0.6 is 0 Å². The lowest BCUT2D eigenvalue weighted by Crippen LogP contribution is -2.36. The maximum Gasteiger partial charge on any atom is 0.282 e. The van der Waals surface area contributed by atoms with E-state index in [1.807, 2.05) is 12.1 Å². The second kappa shape index (κ2) is 6.77. The van der Waals surface area contributed by atoms with E-state index in [-0.39, 0.29) is 6.61 Å². The molecule has 0 radical (unpaired) electrons. The number of para-hydroxylation sites is 1. The van der Waals surface area contributed by atoms with Crippen LogP contribution in [-0.4, -0.2) is 29.6 Å². The number of hydrogen-bond acceptors (Lipinski definition) is 4. The van der Waals surface area contributed by atoms with Gasteiger partial charge in [0.15, 0.2) is 0 Å². The van der Waals surface area contributed by atoms with Crippen molar-refractivity contribution in [2.75, 3.05) is 6.61 Å². The molecule has 0 saturated carbocycles. The zero-order valence-corrected chi connectivity index (χ0v) is 14.3. The molecule has 0 aliphatic carbocycles. The molecular formula is C22H14N2O3. The summed E-state index contributed by atoms with van der Waals surface area (Å²) in [6, 6.07) is 17.9. The van der Waals surface area contributed by atoms with E-state index in [1.54, 1.807) is 48.5 Å². The van der Waals surface area contributed by atoms with Gasteiger partial charge >= 0.3 is 0 Å². The molecule has 3 aromatic rings. The predicted octanol–water partition coefficient (Wildman–Crippen LogP) is 3.48. The summed E-state index contributed by atoms with van der Waals surface area (Å²) in [5.74, 6) is 2.01. The summed E-state index contributed by atoms with van der Waals surface area (Å²) in [5, 5.41) is 6.55. The summed E-state index contributed by atoms with van der Waals surface area (Å²) >= 11 is 0. The molecule has 0 atom stereocenters. The van der Waals surface area contributed by atoms with E-state index in [1.165, 1.54) is 6.21 Å². The highest BCUT2D eigenvalue weighted by Crippen LogP contribution is 2.30. The third-order valence-electron chi connectivity index (χ3n) is 4.29. The fourth-order valence-corrected chi connectivity index (χ4v) is 3.08. The molecule has 0 saturated heterocycles. The van der Waals surface area contributed by atoms with E-state index >= 15 is 0 Å². The van der Waals surface area contributed by atoms with Crippen LogP contribution in [0.3, 0.4) is 0 Å². The van der Waals surface area contributed by atoms with Gasteiger partial charge in [0.05, 0.1) is 17.3 Å². The van der Waals surface area contributed by atoms with Gasteiger partial charge in [-0.2, -0.15) is 10.1 Å². The Morgan fingerprint density at radius 2 is 1.63 bits per heavy atom. The van der Waals surface area contributed by atoms with Gasteiger partial charge in [-0.05, 0) is 29.7 Å². The van der Waals surface area contributed by atoms with Gasteiger partial charge in [-0.3, -0.25) is 9.59 Å². The Bertz CT molecular complexity index is 1090. The Morgan fingerprint density at radius 1 is 0.963 bits per heavy atom. The molecule has 0 fully saturated rings. The average Bonchev–Trinajstić information content (AvgIpc) is 2.71. The summed E-state index contributed by atoms with van der Waals surface area (Å²) in [4.78, 5) is 25.7. The van der Waals surface area contributed by atoms with E-state index in [0.29, 0.717) is 27.8 Å². The highest BCUT2D eigenvalue weighted by atomic mass is 16.5. The number of hydrogen-bond donors (Lipinski definition) is 0. The van der Waals surface area contributed by atoms with Crippen molar-refractivity contribution in [1.82, 2.24) is 5.01 Å². The van der Waals surface area contributed by atoms with Gasteiger partial charge < -0.3 is 4.74 Å². The molecule has 0 bridgehead atoms. The lowest BCUT2D eigenvalue weighted by atomic mass is 9.95. The molecule has 2 amide bonds. The highest BCUT2D eigenvalue weighted by molar-refractivity contribution is 6.25.